The fourth-order valence-corrected chi connectivity index (χ4v) is 6.53. The molecular weight excluding hydrogens is 428 g/mol. The highest BCUT2D eigenvalue weighted by atomic mass is 16.5. The standard InChI is InChI=1S/C32H68N2O/c1-13-15-17-19-21-31(29(11)33(25(3)4)26(5)6)23-35-24-32(22-20-18-16-14-2)30(12)34(27(7)8)28(9)10/h25-32H,13-24H2,1-12H3. The van der Waals surface area contributed by atoms with E-state index in [1.807, 2.05) is 0 Å². The molecule has 0 aromatic heterocycles. The molecule has 212 valence electrons. The van der Waals surface area contributed by atoms with Crippen LogP contribution in [0.1, 0.15) is 147 Å². The van der Waals surface area contributed by atoms with Crippen LogP contribution in [0.15, 0.2) is 0 Å². The van der Waals surface area contributed by atoms with Gasteiger partial charge in [-0.25, -0.2) is 0 Å². The molecule has 0 amide bonds. The predicted molar refractivity (Wildman–Crippen MR) is 158 cm³/mol. The van der Waals surface area contributed by atoms with Crippen LogP contribution in [0.25, 0.3) is 0 Å². The van der Waals surface area contributed by atoms with Crippen LogP contribution in [-0.4, -0.2) is 59.3 Å². The Morgan fingerprint density at radius 3 is 1.03 bits per heavy atom. The molecule has 3 heteroatoms. The molecular formula is C32H68N2O. The van der Waals surface area contributed by atoms with E-state index in [9.17, 15) is 0 Å². The molecule has 4 unspecified atom stereocenters. The molecule has 35 heavy (non-hydrogen) atoms. The zero-order valence-electron chi connectivity index (χ0n) is 26.4. The smallest absolute Gasteiger partial charge is 0.0509 e. The first kappa shape index (κ1) is 34.9. The van der Waals surface area contributed by atoms with Crippen molar-refractivity contribution >= 4 is 0 Å². The fourth-order valence-electron chi connectivity index (χ4n) is 6.53. The third-order valence-electron chi connectivity index (χ3n) is 8.21. The summed E-state index contributed by atoms with van der Waals surface area (Å²) in [6, 6.07) is 3.39. The number of rotatable bonds is 22. The highest BCUT2D eigenvalue weighted by molar-refractivity contribution is 4.83. The van der Waals surface area contributed by atoms with Crippen molar-refractivity contribution in [1.82, 2.24) is 9.80 Å². The maximum atomic E-state index is 6.68. The summed E-state index contributed by atoms with van der Waals surface area (Å²) >= 11 is 0. The molecule has 0 aromatic carbocycles. The van der Waals surface area contributed by atoms with Crippen LogP contribution in [0, 0.1) is 11.8 Å². The van der Waals surface area contributed by atoms with Gasteiger partial charge in [-0.15, -0.1) is 0 Å². The number of hydrogen-bond donors (Lipinski definition) is 0. The minimum Gasteiger partial charge on any atom is -0.381 e. The molecule has 0 spiro atoms. The van der Waals surface area contributed by atoms with Crippen LogP contribution in [0.4, 0.5) is 0 Å². The van der Waals surface area contributed by atoms with E-state index in [4.69, 9.17) is 4.74 Å². The molecule has 0 saturated heterocycles. The van der Waals surface area contributed by atoms with Gasteiger partial charge >= 0.3 is 0 Å². The Morgan fingerprint density at radius 1 is 0.457 bits per heavy atom. The van der Waals surface area contributed by atoms with Crippen molar-refractivity contribution in [2.75, 3.05) is 13.2 Å². The van der Waals surface area contributed by atoms with Crippen molar-refractivity contribution in [3.8, 4) is 0 Å². The van der Waals surface area contributed by atoms with E-state index >= 15 is 0 Å². The van der Waals surface area contributed by atoms with Gasteiger partial charge < -0.3 is 4.74 Å². The second-order valence-corrected chi connectivity index (χ2v) is 12.5. The SMILES string of the molecule is CCCCCCC(COCC(CCCCCC)C(C)N(C(C)C)C(C)C)C(C)N(C(C)C)C(C)C. The van der Waals surface area contributed by atoms with Gasteiger partial charge in [0.25, 0.3) is 0 Å². The zero-order chi connectivity index (χ0) is 27.0. The van der Waals surface area contributed by atoms with Gasteiger partial charge in [0, 0.05) is 36.3 Å². The Hall–Kier alpha value is -0.120. The lowest BCUT2D eigenvalue weighted by atomic mass is 9.91. The van der Waals surface area contributed by atoms with Crippen LogP contribution in [0.3, 0.4) is 0 Å². The lowest BCUT2D eigenvalue weighted by Crippen LogP contribution is -2.49. The maximum absolute atomic E-state index is 6.68. The summed E-state index contributed by atoms with van der Waals surface area (Å²) in [5, 5.41) is 0. The average Bonchev–Trinajstić information content (AvgIpc) is 2.75. The normalized spacial score (nSPS) is 16.3. The van der Waals surface area contributed by atoms with E-state index in [1.165, 1.54) is 64.2 Å². The molecule has 0 radical (unpaired) electrons. The second kappa shape index (κ2) is 19.9. The van der Waals surface area contributed by atoms with Gasteiger partial charge in [-0.1, -0.05) is 65.2 Å². The Bertz CT molecular complexity index is 418. The highest BCUT2D eigenvalue weighted by Gasteiger charge is 2.30. The molecule has 0 aliphatic rings. The number of hydrogen-bond acceptors (Lipinski definition) is 3. The lowest BCUT2D eigenvalue weighted by Gasteiger charge is -2.42. The summed E-state index contributed by atoms with van der Waals surface area (Å²) < 4.78 is 6.68. The zero-order valence-corrected chi connectivity index (χ0v) is 26.4. The molecule has 3 nitrogen and oxygen atoms in total. The monoisotopic (exact) mass is 497 g/mol. The molecule has 0 N–H and O–H groups in total. The molecule has 0 aromatic rings. The van der Waals surface area contributed by atoms with Crippen molar-refractivity contribution in [2.45, 2.75) is 184 Å². The van der Waals surface area contributed by atoms with Crippen molar-refractivity contribution in [3.05, 3.63) is 0 Å². The van der Waals surface area contributed by atoms with Gasteiger partial charge in [-0.2, -0.15) is 0 Å². The van der Waals surface area contributed by atoms with Gasteiger partial charge in [-0.3, -0.25) is 9.80 Å². The summed E-state index contributed by atoms with van der Waals surface area (Å²) in [5.74, 6) is 1.22. The van der Waals surface area contributed by atoms with E-state index in [1.54, 1.807) is 0 Å². The summed E-state index contributed by atoms with van der Waals surface area (Å²) in [6.45, 7) is 30.2. The lowest BCUT2D eigenvalue weighted by molar-refractivity contribution is -0.00998. The van der Waals surface area contributed by atoms with Crippen molar-refractivity contribution < 1.29 is 4.74 Å². The fraction of sp³-hybridized carbons (Fsp3) is 1.00. The Balaban J connectivity index is 5.37. The summed E-state index contributed by atoms with van der Waals surface area (Å²) in [5.41, 5.74) is 0. The topological polar surface area (TPSA) is 15.7 Å². The van der Waals surface area contributed by atoms with E-state index in [0.29, 0.717) is 48.1 Å². The van der Waals surface area contributed by atoms with Gasteiger partial charge in [0.2, 0.25) is 0 Å². The van der Waals surface area contributed by atoms with Gasteiger partial charge in [0.05, 0.1) is 13.2 Å². The summed E-state index contributed by atoms with van der Waals surface area (Å²) in [4.78, 5) is 5.41. The third-order valence-corrected chi connectivity index (χ3v) is 8.21. The molecule has 4 atom stereocenters. The quantitative estimate of drug-likeness (QED) is 0.139. The van der Waals surface area contributed by atoms with E-state index in [2.05, 4.69) is 92.9 Å². The van der Waals surface area contributed by atoms with E-state index in [0.717, 1.165) is 13.2 Å². The van der Waals surface area contributed by atoms with E-state index < -0.39 is 0 Å². The first-order valence-electron chi connectivity index (χ1n) is 15.6. The molecule has 0 saturated carbocycles. The van der Waals surface area contributed by atoms with Crippen molar-refractivity contribution in [1.29, 1.82) is 0 Å². The largest absolute Gasteiger partial charge is 0.381 e. The second-order valence-electron chi connectivity index (χ2n) is 12.5. The summed E-state index contributed by atoms with van der Waals surface area (Å²) in [6.07, 6.45) is 13.3. The van der Waals surface area contributed by atoms with Gasteiger partial charge in [0.15, 0.2) is 0 Å². The Kier molecular flexibility index (Phi) is 19.9. The molecule has 0 aliphatic heterocycles. The van der Waals surface area contributed by atoms with Crippen LogP contribution < -0.4 is 0 Å². The molecule has 0 heterocycles. The Morgan fingerprint density at radius 2 is 0.771 bits per heavy atom. The van der Waals surface area contributed by atoms with Crippen LogP contribution in [0.5, 0.6) is 0 Å². The molecule has 0 rings (SSSR count). The average molecular weight is 497 g/mol. The minimum absolute atomic E-state index is 0.555. The van der Waals surface area contributed by atoms with Crippen molar-refractivity contribution in [3.63, 3.8) is 0 Å². The van der Waals surface area contributed by atoms with Crippen molar-refractivity contribution in [2.24, 2.45) is 11.8 Å². The van der Waals surface area contributed by atoms with Gasteiger partial charge in [0.1, 0.15) is 0 Å². The van der Waals surface area contributed by atoms with Crippen LogP contribution in [-0.2, 0) is 4.74 Å². The molecule has 0 bridgehead atoms. The van der Waals surface area contributed by atoms with Crippen LogP contribution in [0.2, 0.25) is 0 Å². The summed E-state index contributed by atoms with van der Waals surface area (Å²) in [7, 11) is 0. The van der Waals surface area contributed by atoms with Gasteiger partial charge in [-0.05, 0) is 93.9 Å². The van der Waals surface area contributed by atoms with Crippen LogP contribution >= 0.6 is 0 Å². The Labute approximate surface area is 223 Å². The predicted octanol–water partition coefficient (Wildman–Crippen LogP) is 9.19. The third kappa shape index (κ3) is 13.8. The number of ether oxygens (including phenoxy) is 1. The number of nitrogens with zero attached hydrogens (tertiary/aromatic N) is 2. The first-order chi connectivity index (χ1) is 16.5. The minimum atomic E-state index is 0.555. The first-order valence-corrected chi connectivity index (χ1v) is 15.6. The van der Waals surface area contributed by atoms with E-state index in [-0.39, 0.29) is 0 Å². The molecule has 0 aliphatic carbocycles. The maximum Gasteiger partial charge on any atom is 0.0509 e. The number of unbranched alkanes of at least 4 members (excludes halogenated alkanes) is 6. The highest BCUT2D eigenvalue weighted by Crippen LogP contribution is 2.26. The molecule has 0 fully saturated rings.